The quantitative estimate of drug-likeness (QED) is 0.664. The number of sulfone groups is 1. The number of phenolic OH excluding ortho intramolecular Hbond substituents is 1. The van der Waals surface area contributed by atoms with E-state index in [4.69, 9.17) is 0 Å². The number of rotatable bonds is 3. The monoisotopic (exact) mass is 267 g/mol. The standard InChI is InChI=1S/C12H13NO4S/c1-18(16,17)11-9(4-2-5-10(11)15)12(13-8-14)6-3-7-12/h2,4-5,15H,3,6-7H2,1H3. The lowest BCUT2D eigenvalue weighted by Crippen LogP contribution is -2.33. The van der Waals surface area contributed by atoms with Crippen LogP contribution in [0.5, 0.6) is 5.75 Å². The van der Waals surface area contributed by atoms with Crippen molar-refractivity contribution < 1.29 is 18.3 Å². The van der Waals surface area contributed by atoms with E-state index in [1.807, 2.05) is 0 Å². The van der Waals surface area contributed by atoms with Gasteiger partial charge in [0, 0.05) is 11.8 Å². The Morgan fingerprint density at radius 2 is 2.06 bits per heavy atom. The van der Waals surface area contributed by atoms with Gasteiger partial charge >= 0.3 is 0 Å². The fourth-order valence-corrected chi connectivity index (χ4v) is 3.43. The average Bonchev–Trinajstić information content (AvgIpc) is 2.21. The molecule has 0 aliphatic heterocycles. The van der Waals surface area contributed by atoms with E-state index in [1.54, 1.807) is 12.1 Å². The van der Waals surface area contributed by atoms with E-state index in [2.05, 4.69) is 4.99 Å². The summed E-state index contributed by atoms with van der Waals surface area (Å²) >= 11 is 0. The summed E-state index contributed by atoms with van der Waals surface area (Å²) < 4.78 is 23.5. The number of phenols is 1. The van der Waals surface area contributed by atoms with Crippen LogP contribution in [-0.2, 0) is 20.2 Å². The molecule has 0 bridgehead atoms. The molecule has 1 saturated carbocycles. The van der Waals surface area contributed by atoms with E-state index in [0.29, 0.717) is 18.4 Å². The maximum absolute atomic E-state index is 11.8. The lowest BCUT2D eigenvalue weighted by Gasteiger charge is -2.38. The number of benzene rings is 1. The fraction of sp³-hybridized carbons (Fsp3) is 0.417. The largest absolute Gasteiger partial charge is 0.507 e. The SMILES string of the molecule is CS(=O)(=O)c1c(O)cccc1C1(N=C=O)CCC1. The zero-order valence-electron chi connectivity index (χ0n) is 9.88. The summed E-state index contributed by atoms with van der Waals surface area (Å²) in [5, 5.41) is 9.76. The molecule has 0 heterocycles. The topological polar surface area (TPSA) is 83.8 Å². The molecular formula is C12H13NO4S. The lowest BCUT2D eigenvalue weighted by molar-refractivity contribution is 0.249. The number of aliphatic imine (C=N–C) groups is 1. The number of aromatic hydroxyl groups is 1. The van der Waals surface area contributed by atoms with Gasteiger partial charge in [0.15, 0.2) is 9.84 Å². The molecule has 0 spiro atoms. The number of hydrogen-bond donors (Lipinski definition) is 1. The normalized spacial score (nSPS) is 17.6. The van der Waals surface area contributed by atoms with Crippen LogP contribution in [0.2, 0.25) is 0 Å². The molecule has 1 aromatic carbocycles. The van der Waals surface area contributed by atoms with Gasteiger partial charge in [0.2, 0.25) is 6.08 Å². The van der Waals surface area contributed by atoms with Gasteiger partial charge in [-0.2, -0.15) is 4.99 Å². The molecule has 6 heteroatoms. The van der Waals surface area contributed by atoms with Crippen LogP contribution in [0, 0.1) is 0 Å². The molecule has 0 unspecified atom stereocenters. The molecule has 5 nitrogen and oxygen atoms in total. The van der Waals surface area contributed by atoms with Crippen molar-refractivity contribution in [1.29, 1.82) is 0 Å². The Kier molecular flexibility index (Phi) is 3.00. The van der Waals surface area contributed by atoms with Gasteiger partial charge in [-0.1, -0.05) is 12.1 Å². The molecule has 0 saturated heterocycles. The Balaban J connectivity index is 2.72. The van der Waals surface area contributed by atoms with Crippen LogP contribution >= 0.6 is 0 Å². The maximum Gasteiger partial charge on any atom is 0.235 e. The first-order valence-electron chi connectivity index (χ1n) is 5.52. The second kappa shape index (κ2) is 4.23. The number of nitrogens with zero attached hydrogens (tertiary/aromatic N) is 1. The van der Waals surface area contributed by atoms with E-state index in [-0.39, 0.29) is 10.6 Å². The van der Waals surface area contributed by atoms with Gasteiger partial charge in [-0.25, -0.2) is 13.2 Å². The number of isocyanates is 1. The van der Waals surface area contributed by atoms with Crippen LogP contribution in [0.25, 0.3) is 0 Å². The average molecular weight is 267 g/mol. The molecule has 1 aromatic rings. The van der Waals surface area contributed by atoms with Gasteiger partial charge in [0.25, 0.3) is 0 Å². The summed E-state index contributed by atoms with van der Waals surface area (Å²) in [6, 6.07) is 4.46. The minimum atomic E-state index is -3.58. The van der Waals surface area contributed by atoms with Gasteiger partial charge in [0.05, 0.1) is 5.54 Å². The smallest absolute Gasteiger partial charge is 0.235 e. The van der Waals surface area contributed by atoms with Crippen molar-refractivity contribution in [1.82, 2.24) is 0 Å². The Bertz CT molecular complexity index is 625. The first-order chi connectivity index (χ1) is 8.41. The maximum atomic E-state index is 11.8. The molecule has 96 valence electrons. The van der Waals surface area contributed by atoms with Crippen molar-refractivity contribution >= 4 is 15.9 Å². The Hall–Kier alpha value is -1.65. The Labute approximate surface area is 105 Å². The molecule has 0 radical (unpaired) electrons. The third-order valence-electron chi connectivity index (χ3n) is 3.31. The zero-order valence-corrected chi connectivity index (χ0v) is 10.7. The van der Waals surface area contributed by atoms with Gasteiger partial charge in [-0.15, -0.1) is 0 Å². The van der Waals surface area contributed by atoms with Gasteiger partial charge < -0.3 is 5.11 Å². The van der Waals surface area contributed by atoms with E-state index >= 15 is 0 Å². The van der Waals surface area contributed by atoms with Crippen LogP contribution in [0.4, 0.5) is 0 Å². The highest BCUT2D eigenvalue weighted by atomic mass is 32.2. The summed E-state index contributed by atoms with van der Waals surface area (Å²) in [6.07, 6.45) is 4.58. The summed E-state index contributed by atoms with van der Waals surface area (Å²) in [4.78, 5) is 14.2. The van der Waals surface area contributed by atoms with Crippen molar-refractivity contribution in [2.45, 2.75) is 29.7 Å². The molecule has 1 aliphatic carbocycles. The van der Waals surface area contributed by atoms with Crippen LogP contribution in [0.3, 0.4) is 0 Å². The van der Waals surface area contributed by atoms with E-state index in [0.717, 1.165) is 12.7 Å². The van der Waals surface area contributed by atoms with Crippen LogP contribution in [0.1, 0.15) is 24.8 Å². The molecule has 1 aliphatic rings. The first-order valence-corrected chi connectivity index (χ1v) is 7.41. The predicted octanol–water partition coefficient (Wildman–Crippen LogP) is 1.51. The summed E-state index contributed by atoms with van der Waals surface area (Å²) in [7, 11) is -3.58. The van der Waals surface area contributed by atoms with E-state index in [1.165, 1.54) is 12.1 Å². The van der Waals surface area contributed by atoms with Crippen molar-refractivity contribution in [2.75, 3.05) is 6.26 Å². The Morgan fingerprint density at radius 3 is 2.50 bits per heavy atom. The fourth-order valence-electron chi connectivity index (χ4n) is 2.32. The van der Waals surface area contributed by atoms with E-state index in [9.17, 15) is 18.3 Å². The minimum Gasteiger partial charge on any atom is -0.507 e. The summed E-state index contributed by atoms with van der Waals surface area (Å²) in [5.41, 5.74) is -0.446. The molecule has 0 amide bonds. The molecule has 2 rings (SSSR count). The number of carbonyl (C=O) groups excluding carboxylic acids is 1. The number of hydrogen-bond acceptors (Lipinski definition) is 5. The van der Waals surface area contributed by atoms with E-state index < -0.39 is 15.4 Å². The van der Waals surface area contributed by atoms with Crippen LogP contribution in [0.15, 0.2) is 28.1 Å². The second-order valence-corrected chi connectivity index (χ2v) is 6.47. The van der Waals surface area contributed by atoms with Gasteiger partial charge in [-0.3, -0.25) is 0 Å². The van der Waals surface area contributed by atoms with Crippen molar-refractivity contribution in [3.8, 4) is 5.75 Å². The highest BCUT2D eigenvalue weighted by Crippen LogP contribution is 2.48. The van der Waals surface area contributed by atoms with Crippen molar-refractivity contribution in [3.63, 3.8) is 0 Å². The van der Waals surface area contributed by atoms with Crippen LogP contribution in [-0.4, -0.2) is 25.9 Å². The minimum absolute atomic E-state index is 0.135. The molecular weight excluding hydrogens is 254 g/mol. The molecule has 0 atom stereocenters. The predicted molar refractivity (Wildman–Crippen MR) is 64.9 cm³/mol. The lowest BCUT2D eigenvalue weighted by atomic mass is 9.72. The highest BCUT2D eigenvalue weighted by Gasteiger charge is 2.42. The highest BCUT2D eigenvalue weighted by molar-refractivity contribution is 7.90. The summed E-state index contributed by atoms with van der Waals surface area (Å²) in [5.74, 6) is -0.303. The third kappa shape index (κ3) is 1.94. The molecule has 1 N–H and O–H groups in total. The molecule has 0 aromatic heterocycles. The second-order valence-electron chi connectivity index (χ2n) is 4.51. The van der Waals surface area contributed by atoms with Crippen molar-refractivity contribution in [2.24, 2.45) is 4.99 Å². The Morgan fingerprint density at radius 1 is 1.39 bits per heavy atom. The third-order valence-corrected chi connectivity index (χ3v) is 4.48. The molecule has 1 fully saturated rings. The first kappa shape index (κ1) is 12.8. The van der Waals surface area contributed by atoms with Crippen molar-refractivity contribution in [3.05, 3.63) is 23.8 Å². The van der Waals surface area contributed by atoms with Gasteiger partial charge in [0.1, 0.15) is 10.6 Å². The summed E-state index contributed by atoms with van der Waals surface area (Å²) in [6.45, 7) is 0. The molecule has 18 heavy (non-hydrogen) atoms. The van der Waals surface area contributed by atoms with Gasteiger partial charge in [-0.05, 0) is 25.3 Å². The van der Waals surface area contributed by atoms with Crippen LogP contribution < -0.4 is 0 Å². The zero-order chi connectivity index (χ0) is 13.4.